The minimum atomic E-state index is -0.240. The Morgan fingerprint density at radius 2 is 1.74 bits per heavy atom. The molecule has 0 aliphatic heterocycles. The molecular weight excluding hydrogens is 462 g/mol. The van der Waals surface area contributed by atoms with E-state index < -0.39 is 0 Å². The highest BCUT2D eigenvalue weighted by Gasteiger charge is 2.14. The highest BCUT2D eigenvalue weighted by Crippen LogP contribution is 2.19. The van der Waals surface area contributed by atoms with E-state index in [0.717, 1.165) is 6.42 Å². The lowest BCUT2D eigenvalue weighted by molar-refractivity contribution is -0.123. The molecule has 3 aromatic rings. The molecule has 0 unspecified atom stereocenters. The van der Waals surface area contributed by atoms with Crippen molar-refractivity contribution in [2.45, 2.75) is 51.4 Å². The number of nitrogens with one attached hydrogen (secondary N) is 2. The summed E-state index contributed by atoms with van der Waals surface area (Å²) in [6.45, 7) is 7.61. The van der Waals surface area contributed by atoms with Crippen molar-refractivity contribution in [3.63, 3.8) is 0 Å². The summed E-state index contributed by atoms with van der Waals surface area (Å²) in [6.07, 6.45) is 0.791. The van der Waals surface area contributed by atoms with Crippen LogP contribution in [0.3, 0.4) is 0 Å². The molecule has 9 heteroatoms. The van der Waals surface area contributed by atoms with Gasteiger partial charge in [-0.3, -0.25) is 9.59 Å². The van der Waals surface area contributed by atoms with E-state index in [0.29, 0.717) is 35.7 Å². The van der Waals surface area contributed by atoms with Crippen LogP contribution >= 0.6 is 11.8 Å². The summed E-state index contributed by atoms with van der Waals surface area (Å²) in [7, 11) is 0. The molecule has 8 nitrogen and oxygen atoms in total. The molecule has 0 radical (unpaired) electrons. The zero-order chi connectivity index (χ0) is 25.0. The Balaban J connectivity index is 1.40. The summed E-state index contributed by atoms with van der Waals surface area (Å²) < 4.78 is 7.47. The summed E-state index contributed by atoms with van der Waals surface area (Å²) in [5, 5.41) is 14.8. The fourth-order valence-electron chi connectivity index (χ4n) is 3.37. The quantitative estimate of drug-likeness (QED) is 0.352. The van der Waals surface area contributed by atoms with Crippen molar-refractivity contribution < 1.29 is 14.3 Å². The second kappa shape index (κ2) is 13.5. The Labute approximate surface area is 210 Å². The molecule has 3 rings (SSSR count). The van der Waals surface area contributed by atoms with Crippen LogP contribution in [0, 0.1) is 0 Å². The summed E-state index contributed by atoms with van der Waals surface area (Å²) >= 11 is 1.33. The number of aromatic nitrogens is 3. The molecule has 2 aromatic carbocycles. The lowest BCUT2D eigenvalue weighted by Gasteiger charge is -2.10. The van der Waals surface area contributed by atoms with E-state index in [1.165, 1.54) is 22.9 Å². The predicted octanol–water partition coefficient (Wildman–Crippen LogP) is 3.57. The molecule has 2 N–H and O–H groups in total. The molecular formula is C26H33N5O3S. The minimum absolute atomic E-state index is 0.0509. The van der Waals surface area contributed by atoms with Gasteiger partial charge in [0.2, 0.25) is 5.91 Å². The number of rotatable bonds is 13. The van der Waals surface area contributed by atoms with Crippen LogP contribution in [0.2, 0.25) is 0 Å². The van der Waals surface area contributed by atoms with Gasteiger partial charge in [0.15, 0.2) is 17.6 Å². The van der Waals surface area contributed by atoms with Gasteiger partial charge in [-0.05, 0) is 42.5 Å². The number of amides is 2. The zero-order valence-corrected chi connectivity index (χ0v) is 21.3. The number of nitrogens with zero attached hydrogens (tertiary/aromatic N) is 3. The standard InChI is InChI=1S/C26H33N5O3S/c1-4-31-23(16-28-24(32)17-34-22-12-10-21(11-13-22)19(2)3)29-30-26(31)35-18-25(33)27-15-14-20-8-6-5-7-9-20/h5-13,19H,4,14-18H2,1-3H3,(H,27,33)(H,28,32). The second-order valence-electron chi connectivity index (χ2n) is 8.31. The number of carbonyl (C=O) groups is 2. The molecule has 2 amide bonds. The third kappa shape index (κ3) is 8.43. The fraction of sp³-hybridized carbons (Fsp3) is 0.385. The van der Waals surface area contributed by atoms with Gasteiger partial charge < -0.3 is 19.9 Å². The predicted molar refractivity (Wildman–Crippen MR) is 137 cm³/mol. The minimum Gasteiger partial charge on any atom is -0.484 e. The van der Waals surface area contributed by atoms with Gasteiger partial charge >= 0.3 is 0 Å². The number of hydrogen-bond donors (Lipinski definition) is 2. The smallest absolute Gasteiger partial charge is 0.258 e. The highest BCUT2D eigenvalue weighted by molar-refractivity contribution is 7.99. The van der Waals surface area contributed by atoms with Crippen LogP contribution in [-0.2, 0) is 29.1 Å². The van der Waals surface area contributed by atoms with Gasteiger partial charge in [-0.2, -0.15) is 0 Å². The van der Waals surface area contributed by atoms with E-state index in [1.807, 2.05) is 66.1 Å². The van der Waals surface area contributed by atoms with E-state index in [9.17, 15) is 9.59 Å². The first-order chi connectivity index (χ1) is 17.0. The first kappa shape index (κ1) is 26.3. The van der Waals surface area contributed by atoms with Crippen molar-refractivity contribution >= 4 is 23.6 Å². The largest absolute Gasteiger partial charge is 0.484 e. The molecule has 0 spiro atoms. The van der Waals surface area contributed by atoms with E-state index in [2.05, 4.69) is 34.7 Å². The van der Waals surface area contributed by atoms with Gasteiger partial charge in [0.05, 0.1) is 12.3 Å². The lowest BCUT2D eigenvalue weighted by atomic mass is 10.0. The van der Waals surface area contributed by atoms with Crippen LogP contribution in [0.4, 0.5) is 0 Å². The lowest BCUT2D eigenvalue weighted by Crippen LogP contribution is -2.29. The van der Waals surface area contributed by atoms with Crippen LogP contribution in [0.15, 0.2) is 59.8 Å². The van der Waals surface area contributed by atoms with Gasteiger partial charge in [-0.15, -0.1) is 10.2 Å². The topological polar surface area (TPSA) is 98.1 Å². The molecule has 0 saturated heterocycles. The summed E-state index contributed by atoms with van der Waals surface area (Å²) in [6, 6.07) is 17.8. The van der Waals surface area contributed by atoms with E-state index in [4.69, 9.17) is 4.74 Å². The van der Waals surface area contributed by atoms with Crippen LogP contribution < -0.4 is 15.4 Å². The highest BCUT2D eigenvalue weighted by atomic mass is 32.2. The zero-order valence-electron chi connectivity index (χ0n) is 20.5. The van der Waals surface area contributed by atoms with Crippen molar-refractivity contribution in [1.29, 1.82) is 0 Å². The summed E-state index contributed by atoms with van der Waals surface area (Å²) in [5.41, 5.74) is 2.41. The van der Waals surface area contributed by atoms with Crippen LogP contribution in [0.5, 0.6) is 5.75 Å². The molecule has 1 aromatic heterocycles. The monoisotopic (exact) mass is 495 g/mol. The van der Waals surface area contributed by atoms with Crippen LogP contribution in [-0.4, -0.2) is 45.5 Å². The number of thioether (sulfide) groups is 1. The van der Waals surface area contributed by atoms with Gasteiger partial charge in [-0.1, -0.05) is 68.1 Å². The van der Waals surface area contributed by atoms with E-state index in [1.54, 1.807) is 0 Å². The molecule has 0 aliphatic rings. The average Bonchev–Trinajstić information content (AvgIpc) is 3.27. The molecule has 1 heterocycles. The summed E-state index contributed by atoms with van der Waals surface area (Å²) in [4.78, 5) is 24.4. The number of ether oxygens (including phenoxy) is 1. The Morgan fingerprint density at radius 1 is 1.00 bits per heavy atom. The van der Waals surface area contributed by atoms with Crippen molar-refractivity contribution in [2.24, 2.45) is 0 Å². The Hall–Kier alpha value is -3.33. The summed E-state index contributed by atoms with van der Waals surface area (Å²) in [5.74, 6) is 1.69. The maximum Gasteiger partial charge on any atom is 0.258 e. The number of benzene rings is 2. The average molecular weight is 496 g/mol. The first-order valence-electron chi connectivity index (χ1n) is 11.8. The molecule has 0 saturated carbocycles. The number of carbonyl (C=O) groups excluding carboxylic acids is 2. The Morgan fingerprint density at radius 3 is 2.43 bits per heavy atom. The van der Waals surface area contributed by atoms with Crippen molar-refractivity contribution in [1.82, 2.24) is 25.4 Å². The maximum atomic E-state index is 12.2. The van der Waals surface area contributed by atoms with E-state index >= 15 is 0 Å². The molecule has 0 atom stereocenters. The maximum absolute atomic E-state index is 12.2. The van der Waals surface area contributed by atoms with E-state index in [-0.39, 0.29) is 30.7 Å². The molecule has 0 bridgehead atoms. The second-order valence-corrected chi connectivity index (χ2v) is 9.25. The number of hydrogen-bond acceptors (Lipinski definition) is 6. The molecule has 0 fully saturated rings. The molecule has 35 heavy (non-hydrogen) atoms. The van der Waals surface area contributed by atoms with Crippen LogP contribution in [0.25, 0.3) is 0 Å². The van der Waals surface area contributed by atoms with Gasteiger partial charge in [0.25, 0.3) is 5.91 Å². The van der Waals surface area contributed by atoms with Crippen molar-refractivity contribution in [3.05, 3.63) is 71.5 Å². The molecule has 186 valence electrons. The van der Waals surface area contributed by atoms with Gasteiger partial charge in [-0.25, -0.2) is 0 Å². The SMILES string of the molecule is CCn1c(CNC(=O)COc2ccc(C(C)C)cc2)nnc1SCC(=O)NCCc1ccccc1. The normalized spacial score (nSPS) is 10.9. The van der Waals surface area contributed by atoms with Gasteiger partial charge in [0, 0.05) is 13.1 Å². The molecule has 0 aliphatic carbocycles. The third-order valence-electron chi connectivity index (χ3n) is 5.38. The fourth-order valence-corrected chi connectivity index (χ4v) is 4.22. The Kier molecular flexibility index (Phi) is 10.2. The van der Waals surface area contributed by atoms with Crippen molar-refractivity contribution in [3.8, 4) is 5.75 Å². The first-order valence-corrected chi connectivity index (χ1v) is 12.8. The van der Waals surface area contributed by atoms with Crippen molar-refractivity contribution in [2.75, 3.05) is 18.9 Å². The third-order valence-corrected chi connectivity index (χ3v) is 6.35. The van der Waals surface area contributed by atoms with Gasteiger partial charge in [0.1, 0.15) is 5.75 Å². The Bertz CT molecular complexity index is 1080. The van der Waals surface area contributed by atoms with Crippen LogP contribution in [0.1, 0.15) is 43.6 Å².